The monoisotopic (exact) mass is 326 g/mol. The van der Waals surface area contributed by atoms with Crippen molar-refractivity contribution in [3.63, 3.8) is 0 Å². The number of benzene rings is 1. The molecule has 0 bridgehead atoms. The van der Waals surface area contributed by atoms with Crippen LogP contribution in [0.1, 0.15) is 43.0 Å². The van der Waals surface area contributed by atoms with Crippen LogP contribution in [-0.2, 0) is 18.3 Å². The minimum atomic E-state index is 0.193. The Morgan fingerprint density at radius 2 is 1.96 bits per heavy atom. The number of hydrogen-bond acceptors (Lipinski definition) is 2. The van der Waals surface area contributed by atoms with E-state index < -0.39 is 0 Å². The van der Waals surface area contributed by atoms with Crippen LogP contribution in [-0.4, -0.2) is 29.0 Å². The van der Waals surface area contributed by atoms with Crippen molar-refractivity contribution in [3.05, 3.63) is 53.9 Å². The van der Waals surface area contributed by atoms with Crippen molar-refractivity contribution in [1.29, 1.82) is 0 Å². The summed E-state index contributed by atoms with van der Waals surface area (Å²) in [6.07, 6.45) is 7.04. The molecule has 0 unspecified atom stereocenters. The van der Waals surface area contributed by atoms with Crippen LogP contribution >= 0.6 is 0 Å². The highest BCUT2D eigenvalue weighted by Crippen LogP contribution is 2.30. The van der Waals surface area contributed by atoms with E-state index in [2.05, 4.69) is 34.8 Å². The Morgan fingerprint density at radius 3 is 2.62 bits per heavy atom. The molecule has 4 heteroatoms. The number of hydrogen-bond donors (Lipinski definition) is 0. The highest BCUT2D eigenvalue weighted by Gasteiger charge is 2.28. The lowest BCUT2D eigenvalue weighted by molar-refractivity contribution is -0.133. The van der Waals surface area contributed by atoms with Crippen molar-refractivity contribution < 1.29 is 9.53 Å². The van der Waals surface area contributed by atoms with Gasteiger partial charge in [-0.1, -0.05) is 25.0 Å². The van der Waals surface area contributed by atoms with Gasteiger partial charge in [-0.15, -0.1) is 0 Å². The Labute approximate surface area is 144 Å². The van der Waals surface area contributed by atoms with Gasteiger partial charge in [-0.25, -0.2) is 0 Å². The van der Waals surface area contributed by atoms with E-state index in [4.69, 9.17) is 4.74 Å². The van der Waals surface area contributed by atoms with Gasteiger partial charge in [0.1, 0.15) is 5.75 Å². The second kappa shape index (κ2) is 7.56. The molecule has 1 aromatic carbocycles. The number of carbonyl (C=O) groups is 1. The lowest BCUT2D eigenvalue weighted by Gasteiger charge is -2.31. The van der Waals surface area contributed by atoms with E-state index in [9.17, 15) is 4.79 Å². The van der Waals surface area contributed by atoms with Crippen LogP contribution in [0.5, 0.6) is 5.75 Å². The summed E-state index contributed by atoms with van der Waals surface area (Å²) in [5.74, 6) is 1.04. The lowest BCUT2D eigenvalue weighted by atomic mass is 10.0. The van der Waals surface area contributed by atoms with E-state index >= 15 is 0 Å². The Balaban J connectivity index is 1.77. The number of carbonyl (C=O) groups excluding carboxylic acids is 1. The number of amides is 1. The maximum atomic E-state index is 13.0. The third kappa shape index (κ3) is 3.64. The van der Waals surface area contributed by atoms with Crippen LogP contribution in [0.3, 0.4) is 0 Å². The molecule has 3 rings (SSSR count). The number of nitrogens with zero attached hydrogens (tertiary/aromatic N) is 2. The van der Waals surface area contributed by atoms with Crippen LogP contribution in [0.4, 0.5) is 0 Å². The third-order valence-electron chi connectivity index (χ3n) is 4.91. The largest absolute Gasteiger partial charge is 0.497 e. The average molecular weight is 326 g/mol. The lowest BCUT2D eigenvalue weighted by Crippen LogP contribution is -2.36. The number of rotatable bonds is 4. The Morgan fingerprint density at radius 1 is 1.17 bits per heavy atom. The summed E-state index contributed by atoms with van der Waals surface area (Å²) in [6, 6.07) is 12.2. The molecule has 1 aliphatic heterocycles. The smallest absolute Gasteiger partial charge is 0.227 e. The standard InChI is InChI=1S/C20H26N2O2/c1-21-13-6-8-18(21)19-7-4-3-5-14-22(19)20(23)15-16-9-11-17(24-2)12-10-16/h6,8-13,19H,3-5,7,14-15H2,1-2H3/t19-/m0/s1. The van der Waals surface area contributed by atoms with E-state index in [1.165, 1.54) is 18.5 Å². The second-order valence-corrected chi connectivity index (χ2v) is 6.52. The van der Waals surface area contributed by atoms with E-state index in [0.29, 0.717) is 6.42 Å². The summed E-state index contributed by atoms with van der Waals surface area (Å²) >= 11 is 0. The molecule has 0 spiro atoms. The average Bonchev–Trinajstić information content (AvgIpc) is 2.87. The van der Waals surface area contributed by atoms with Crippen molar-refractivity contribution in [1.82, 2.24) is 9.47 Å². The van der Waals surface area contributed by atoms with Gasteiger partial charge in [0.25, 0.3) is 0 Å². The van der Waals surface area contributed by atoms with Crippen LogP contribution in [0, 0.1) is 0 Å². The molecule has 1 aliphatic rings. The molecule has 128 valence electrons. The summed E-state index contributed by atoms with van der Waals surface area (Å²) in [6.45, 7) is 0.852. The number of likely N-dealkylation sites (tertiary alicyclic amines) is 1. The molecular weight excluding hydrogens is 300 g/mol. The Bertz CT molecular complexity index is 675. The first-order valence-electron chi connectivity index (χ1n) is 8.72. The van der Waals surface area contributed by atoms with Crippen LogP contribution in [0.15, 0.2) is 42.6 Å². The summed E-state index contributed by atoms with van der Waals surface area (Å²) in [7, 11) is 3.72. The molecule has 24 heavy (non-hydrogen) atoms. The van der Waals surface area contributed by atoms with Gasteiger partial charge in [-0.05, 0) is 42.7 Å². The molecule has 4 nitrogen and oxygen atoms in total. The van der Waals surface area contributed by atoms with E-state index in [1.54, 1.807) is 7.11 Å². The fourth-order valence-corrected chi connectivity index (χ4v) is 3.55. The minimum Gasteiger partial charge on any atom is -0.497 e. The molecular formula is C20H26N2O2. The number of aryl methyl sites for hydroxylation is 1. The number of aromatic nitrogens is 1. The summed E-state index contributed by atoms with van der Waals surface area (Å²) in [5.41, 5.74) is 2.27. The fraction of sp³-hybridized carbons (Fsp3) is 0.450. The van der Waals surface area contributed by atoms with Crippen LogP contribution in [0.2, 0.25) is 0 Å². The predicted octanol–water partition coefficient (Wildman–Crippen LogP) is 3.72. The predicted molar refractivity (Wildman–Crippen MR) is 95.0 cm³/mol. The quantitative estimate of drug-likeness (QED) is 0.858. The first kappa shape index (κ1) is 16.6. The van der Waals surface area contributed by atoms with Gasteiger partial charge in [0.2, 0.25) is 5.91 Å². The Kier molecular flexibility index (Phi) is 5.24. The number of methoxy groups -OCH3 is 1. The van der Waals surface area contributed by atoms with E-state index in [1.807, 2.05) is 24.3 Å². The first-order chi connectivity index (χ1) is 11.7. The van der Waals surface area contributed by atoms with Gasteiger partial charge in [-0.2, -0.15) is 0 Å². The molecule has 0 radical (unpaired) electrons. The maximum absolute atomic E-state index is 13.0. The van der Waals surface area contributed by atoms with E-state index in [-0.39, 0.29) is 11.9 Å². The van der Waals surface area contributed by atoms with Gasteiger partial charge < -0.3 is 14.2 Å². The van der Waals surface area contributed by atoms with Crippen LogP contribution < -0.4 is 4.74 Å². The number of ether oxygens (including phenoxy) is 1. The molecule has 1 aromatic heterocycles. The summed E-state index contributed by atoms with van der Waals surface area (Å²) < 4.78 is 7.33. The van der Waals surface area contributed by atoms with Crippen molar-refractivity contribution >= 4 is 5.91 Å². The van der Waals surface area contributed by atoms with Crippen molar-refractivity contribution in [2.75, 3.05) is 13.7 Å². The van der Waals surface area contributed by atoms with Crippen LogP contribution in [0.25, 0.3) is 0 Å². The molecule has 1 saturated heterocycles. The zero-order chi connectivity index (χ0) is 16.9. The van der Waals surface area contributed by atoms with Crippen molar-refractivity contribution in [2.24, 2.45) is 7.05 Å². The minimum absolute atomic E-state index is 0.193. The van der Waals surface area contributed by atoms with Gasteiger partial charge >= 0.3 is 0 Å². The molecule has 1 atom stereocenters. The van der Waals surface area contributed by atoms with Gasteiger partial charge in [0.05, 0.1) is 19.6 Å². The normalized spacial score (nSPS) is 18.2. The molecule has 2 heterocycles. The van der Waals surface area contributed by atoms with Crippen molar-refractivity contribution in [3.8, 4) is 5.75 Å². The van der Waals surface area contributed by atoms with Crippen molar-refractivity contribution in [2.45, 2.75) is 38.1 Å². The fourth-order valence-electron chi connectivity index (χ4n) is 3.55. The summed E-state index contributed by atoms with van der Waals surface area (Å²) in [4.78, 5) is 15.1. The molecule has 0 aliphatic carbocycles. The zero-order valence-corrected chi connectivity index (χ0v) is 14.6. The highest BCUT2D eigenvalue weighted by molar-refractivity contribution is 5.79. The first-order valence-corrected chi connectivity index (χ1v) is 8.72. The second-order valence-electron chi connectivity index (χ2n) is 6.52. The zero-order valence-electron chi connectivity index (χ0n) is 14.6. The molecule has 1 fully saturated rings. The SMILES string of the molecule is COc1ccc(CC(=O)N2CCCCC[C@H]2c2cccn2C)cc1. The van der Waals surface area contributed by atoms with Gasteiger partial charge in [0.15, 0.2) is 0 Å². The topological polar surface area (TPSA) is 34.5 Å². The molecule has 1 amide bonds. The van der Waals surface area contributed by atoms with E-state index in [0.717, 1.165) is 30.7 Å². The highest BCUT2D eigenvalue weighted by atomic mass is 16.5. The Hall–Kier alpha value is -2.23. The molecule has 0 saturated carbocycles. The summed E-state index contributed by atoms with van der Waals surface area (Å²) in [5, 5.41) is 0. The maximum Gasteiger partial charge on any atom is 0.227 e. The van der Waals surface area contributed by atoms with Gasteiger partial charge in [-0.3, -0.25) is 4.79 Å². The van der Waals surface area contributed by atoms with Gasteiger partial charge in [0, 0.05) is 25.5 Å². The third-order valence-corrected chi connectivity index (χ3v) is 4.91. The molecule has 0 N–H and O–H groups in total. The molecule has 2 aromatic rings.